The number of hydrogen-bond donors (Lipinski definition) is 1. The number of carboxylic acids is 1. The molecule has 1 saturated heterocycles. The van der Waals surface area contributed by atoms with Gasteiger partial charge in [-0.25, -0.2) is 4.79 Å². The van der Waals surface area contributed by atoms with Crippen molar-refractivity contribution in [1.29, 1.82) is 0 Å². The Balaban J connectivity index is 1.13. The van der Waals surface area contributed by atoms with Crippen molar-refractivity contribution in [2.75, 3.05) is 13.1 Å². The summed E-state index contributed by atoms with van der Waals surface area (Å²) in [6.07, 6.45) is 7.44. The molecule has 2 fully saturated rings. The minimum atomic E-state index is -0.914. The summed E-state index contributed by atoms with van der Waals surface area (Å²) >= 11 is 0. The number of nitrogens with zero attached hydrogens (tertiary/aromatic N) is 2. The summed E-state index contributed by atoms with van der Waals surface area (Å²) in [5.41, 5.74) is 6.03. The van der Waals surface area contributed by atoms with Gasteiger partial charge in [-0.2, -0.15) is 0 Å². The van der Waals surface area contributed by atoms with Crippen LogP contribution < -0.4 is 4.74 Å². The molecule has 6 heteroatoms. The van der Waals surface area contributed by atoms with Crippen LogP contribution in [0, 0.1) is 0 Å². The molecule has 0 atom stereocenters. The highest BCUT2D eigenvalue weighted by Gasteiger charge is 2.42. The number of oxime groups is 1. The molecular formula is C29H34N2O4. The molecule has 0 bridgehead atoms. The topological polar surface area (TPSA) is 71.4 Å². The first-order valence-corrected chi connectivity index (χ1v) is 13.0. The molecule has 1 spiro atoms. The predicted octanol–water partition coefficient (Wildman–Crippen LogP) is 5.53. The summed E-state index contributed by atoms with van der Waals surface area (Å²) in [4.78, 5) is 19.7. The lowest BCUT2D eigenvalue weighted by Crippen LogP contribution is -2.44. The predicted molar refractivity (Wildman–Crippen MR) is 134 cm³/mol. The molecule has 1 saturated carbocycles. The largest absolute Gasteiger partial charge is 0.487 e. The summed E-state index contributed by atoms with van der Waals surface area (Å²) in [7, 11) is 0. The van der Waals surface area contributed by atoms with Gasteiger partial charge in [0.25, 0.3) is 0 Å². The standard InChI is InChI=1S/C29H34N2O4/c1-28(2)10-9-22-15-23(19-3-4-19)16-24(26(22)34-28)18-31-13-11-29(12-14-31)17-25(30-35-29)20-5-7-21(8-6-20)27(32)33/h5-8,15-16,19H,3-4,9-14,17-18H2,1-2H3,(H,32,33). The maximum absolute atomic E-state index is 11.1. The number of carbonyl (C=O) groups is 1. The third-order valence-corrected chi connectivity index (χ3v) is 8.15. The molecule has 35 heavy (non-hydrogen) atoms. The first-order valence-electron chi connectivity index (χ1n) is 13.0. The molecule has 6 rings (SSSR count). The number of carboxylic acid groups (broad SMARTS) is 1. The molecule has 184 valence electrons. The number of likely N-dealkylation sites (tertiary alicyclic amines) is 1. The van der Waals surface area contributed by atoms with Crippen LogP contribution in [0.4, 0.5) is 0 Å². The first kappa shape index (κ1) is 22.6. The van der Waals surface area contributed by atoms with Gasteiger partial charge in [-0.1, -0.05) is 29.4 Å². The van der Waals surface area contributed by atoms with Crippen LogP contribution in [-0.4, -0.2) is 46.0 Å². The summed E-state index contributed by atoms with van der Waals surface area (Å²) in [6.45, 7) is 7.24. The molecule has 3 heterocycles. The quantitative estimate of drug-likeness (QED) is 0.617. The lowest BCUT2D eigenvalue weighted by Gasteiger charge is -2.39. The van der Waals surface area contributed by atoms with Crippen molar-refractivity contribution in [1.82, 2.24) is 4.90 Å². The van der Waals surface area contributed by atoms with Crippen LogP contribution in [0.2, 0.25) is 0 Å². The molecule has 1 aliphatic carbocycles. The number of aromatic carboxylic acids is 1. The third-order valence-electron chi connectivity index (χ3n) is 8.15. The number of hydrogen-bond acceptors (Lipinski definition) is 5. The molecule has 0 aromatic heterocycles. The third kappa shape index (κ3) is 4.56. The molecule has 3 aliphatic heterocycles. The molecule has 6 nitrogen and oxygen atoms in total. The SMILES string of the molecule is CC1(C)CCc2cc(C3CC3)cc(CN3CCC4(CC3)CC(c3ccc(C(=O)O)cc3)=NO4)c2O1. The van der Waals surface area contributed by atoms with Gasteiger partial charge in [0.05, 0.1) is 11.3 Å². The molecule has 2 aromatic rings. The number of piperidine rings is 1. The van der Waals surface area contributed by atoms with Crippen LogP contribution in [0.3, 0.4) is 0 Å². The number of ether oxygens (including phenoxy) is 1. The van der Waals surface area contributed by atoms with Gasteiger partial charge in [0.1, 0.15) is 17.0 Å². The highest BCUT2D eigenvalue weighted by atomic mass is 16.7. The van der Waals surface area contributed by atoms with Gasteiger partial charge in [-0.3, -0.25) is 4.90 Å². The molecule has 1 N–H and O–H groups in total. The van der Waals surface area contributed by atoms with Gasteiger partial charge in [0.15, 0.2) is 0 Å². The van der Waals surface area contributed by atoms with Crippen molar-refractivity contribution in [3.8, 4) is 5.75 Å². The van der Waals surface area contributed by atoms with Crippen LogP contribution in [0.1, 0.15) is 90.9 Å². The van der Waals surface area contributed by atoms with E-state index in [0.29, 0.717) is 0 Å². The van der Waals surface area contributed by atoms with Gasteiger partial charge in [0.2, 0.25) is 0 Å². The van der Waals surface area contributed by atoms with Crippen molar-refractivity contribution < 1.29 is 19.5 Å². The van der Waals surface area contributed by atoms with Gasteiger partial charge in [-0.05, 0) is 74.3 Å². The van der Waals surface area contributed by atoms with E-state index in [1.54, 1.807) is 12.1 Å². The van der Waals surface area contributed by atoms with Gasteiger partial charge < -0.3 is 14.7 Å². The Bertz CT molecular complexity index is 1170. The minimum Gasteiger partial charge on any atom is -0.487 e. The normalized spacial score (nSPS) is 22.7. The van der Waals surface area contributed by atoms with E-state index in [-0.39, 0.29) is 16.8 Å². The Kier molecular flexibility index (Phi) is 5.40. The monoisotopic (exact) mass is 474 g/mol. The number of benzene rings is 2. The maximum Gasteiger partial charge on any atom is 0.335 e. The van der Waals surface area contributed by atoms with Crippen LogP contribution in [0.5, 0.6) is 5.75 Å². The van der Waals surface area contributed by atoms with Gasteiger partial charge in [-0.15, -0.1) is 0 Å². The van der Waals surface area contributed by atoms with Crippen LogP contribution in [0.15, 0.2) is 41.6 Å². The fraction of sp³-hybridized carbons (Fsp3) is 0.517. The Morgan fingerprint density at radius 1 is 1.11 bits per heavy atom. The Morgan fingerprint density at radius 2 is 1.86 bits per heavy atom. The average Bonchev–Trinajstić information content (AvgIpc) is 3.62. The summed E-state index contributed by atoms with van der Waals surface area (Å²) in [6, 6.07) is 11.7. The Hall–Kier alpha value is -2.86. The fourth-order valence-corrected chi connectivity index (χ4v) is 5.74. The molecule has 4 aliphatic rings. The zero-order valence-corrected chi connectivity index (χ0v) is 20.7. The molecule has 0 unspecified atom stereocenters. The summed E-state index contributed by atoms with van der Waals surface area (Å²) in [5, 5.41) is 13.5. The van der Waals surface area contributed by atoms with Gasteiger partial charge >= 0.3 is 5.97 Å². The molecular weight excluding hydrogens is 440 g/mol. The van der Waals surface area contributed by atoms with E-state index in [1.165, 1.54) is 29.5 Å². The number of rotatable bonds is 5. The van der Waals surface area contributed by atoms with E-state index in [1.807, 2.05) is 12.1 Å². The van der Waals surface area contributed by atoms with Gasteiger partial charge in [0, 0.05) is 44.5 Å². The van der Waals surface area contributed by atoms with E-state index in [9.17, 15) is 4.79 Å². The second-order valence-corrected chi connectivity index (χ2v) is 11.5. The van der Waals surface area contributed by atoms with Crippen molar-refractivity contribution >= 4 is 11.7 Å². The van der Waals surface area contributed by atoms with Crippen LogP contribution >= 0.6 is 0 Å². The molecule has 0 amide bonds. The minimum absolute atomic E-state index is 0.108. The molecule has 0 radical (unpaired) electrons. The summed E-state index contributed by atoms with van der Waals surface area (Å²) < 4.78 is 6.52. The Morgan fingerprint density at radius 3 is 2.54 bits per heavy atom. The van der Waals surface area contributed by atoms with Crippen LogP contribution in [0.25, 0.3) is 0 Å². The summed E-state index contributed by atoms with van der Waals surface area (Å²) in [5.74, 6) is 0.951. The highest BCUT2D eigenvalue weighted by molar-refractivity contribution is 6.02. The van der Waals surface area contributed by atoms with E-state index >= 15 is 0 Å². The molecule has 2 aromatic carbocycles. The van der Waals surface area contributed by atoms with Crippen molar-refractivity contribution in [3.05, 3.63) is 64.2 Å². The number of fused-ring (bicyclic) bond motifs is 1. The van der Waals surface area contributed by atoms with Crippen molar-refractivity contribution in [2.45, 2.75) is 82.5 Å². The lowest BCUT2D eigenvalue weighted by molar-refractivity contribution is -0.0628. The number of aryl methyl sites for hydroxylation is 1. The van der Waals surface area contributed by atoms with E-state index in [2.05, 4.69) is 36.0 Å². The van der Waals surface area contributed by atoms with E-state index in [0.717, 1.165) is 74.7 Å². The van der Waals surface area contributed by atoms with Crippen molar-refractivity contribution in [3.63, 3.8) is 0 Å². The first-order chi connectivity index (χ1) is 16.8. The average molecular weight is 475 g/mol. The van der Waals surface area contributed by atoms with Crippen molar-refractivity contribution in [2.24, 2.45) is 5.16 Å². The van der Waals surface area contributed by atoms with Crippen LogP contribution in [-0.2, 0) is 17.8 Å². The zero-order valence-electron chi connectivity index (χ0n) is 20.7. The second kappa shape index (κ2) is 8.37. The van der Waals surface area contributed by atoms with E-state index in [4.69, 9.17) is 14.7 Å². The fourth-order valence-electron chi connectivity index (χ4n) is 5.74. The smallest absolute Gasteiger partial charge is 0.335 e. The van der Waals surface area contributed by atoms with E-state index < -0.39 is 5.97 Å². The zero-order chi connectivity index (χ0) is 24.2. The lowest BCUT2D eigenvalue weighted by atomic mass is 9.85. The highest BCUT2D eigenvalue weighted by Crippen LogP contribution is 2.45. The second-order valence-electron chi connectivity index (χ2n) is 11.5. The Labute approximate surface area is 206 Å². The maximum atomic E-state index is 11.1.